The number of hydrogen-bond acceptors (Lipinski definition) is 4. The van der Waals surface area contributed by atoms with Gasteiger partial charge in [-0.05, 0) is 31.4 Å². The molecule has 3 rings (SSSR count). The molecule has 0 saturated heterocycles. The average Bonchev–Trinajstić information content (AvgIpc) is 2.77. The Morgan fingerprint density at radius 1 is 1.19 bits per heavy atom. The predicted octanol–water partition coefficient (Wildman–Crippen LogP) is 3.03. The van der Waals surface area contributed by atoms with Crippen LogP contribution in [0.1, 0.15) is 32.8 Å². The molecular weight excluding hydrogens is 390 g/mol. The molecule has 1 unspecified atom stereocenters. The van der Waals surface area contributed by atoms with Gasteiger partial charge in [0.2, 0.25) is 5.69 Å². The van der Waals surface area contributed by atoms with Crippen molar-refractivity contribution in [2.75, 3.05) is 13.2 Å². The maximum atomic E-state index is 11.7. The third-order valence-corrected chi connectivity index (χ3v) is 6.49. The zero-order valence-electron chi connectivity index (χ0n) is 15.3. The first-order chi connectivity index (χ1) is 12.5. The molecule has 0 aromatic heterocycles. The third-order valence-electron chi connectivity index (χ3n) is 5.21. The highest BCUT2D eigenvalue weighted by Crippen LogP contribution is 2.44. The minimum Gasteiger partial charge on any atom is -0.284 e. The van der Waals surface area contributed by atoms with Crippen molar-refractivity contribution in [1.29, 1.82) is 0 Å². The SMILES string of the molecule is CC1=[N+](CCCOS(=O)O)c2ccc3c(S(=O)(=O)O)cccc3c2C1(C)C. The van der Waals surface area contributed by atoms with Crippen LogP contribution >= 0.6 is 0 Å². The lowest BCUT2D eigenvalue weighted by Gasteiger charge is -2.17. The van der Waals surface area contributed by atoms with Crippen molar-refractivity contribution < 1.29 is 30.5 Å². The smallest absolute Gasteiger partial charge is 0.284 e. The van der Waals surface area contributed by atoms with E-state index in [1.165, 1.54) is 6.07 Å². The van der Waals surface area contributed by atoms with E-state index in [-0.39, 0.29) is 16.9 Å². The summed E-state index contributed by atoms with van der Waals surface area (Å²) in [7, 11) is -4.33. The Morgan fingerprint density at radius 2 is 1.89 bits per heavy atom. The van der Waals surface area contributed by atoms with Crippen LogP contribution in [0, 0.1) is 0 Å². The Bertz CT molecular complexity index is 1070. The first-order valence-corrected chi connectivity index (χ1v) is 10.9. The summed E-state index contributed by atoms with van der Waals surface area (Å²) in [6.07, 6.45) is 0.558. The van der Waals surface area contributed by atoms with Gasteiger partial charge in [-0.1, -0.05) is 12.1 Å². The molecule has 2 aromatic rings. The number of hydrogen-bond donors (Lipinski definition) is 2. The van der Waals surface area contributed by atoms with Gasteiger partial charge in [0.25, 0.3) is 10.1 Å². The molecule has 1 aliphatic heterocycles. The lowest BCUT2D eigenvalue weighted by molar-refractivity contribution is -0.439. The van der Waals surface area contributed by atoms with Crippen LogP contribution in [0.25, 0.3) is 10.8 Å². The summed E-state index contributed by atoms with van der Waals surface area (Å²) in [4.78, 5) is -0.103. The van der Waals surface area contributed by atoms with Crippen molar-refractivity contribution in [3.8, 4) is 0 Å². The van der Waals surface area contributed by atoms with Crippen LogP contribution in [0.5, 0.6) is 0 Å². The Balaban J connectivity index is 2.11. The number of benzene rings is 2. The fourth-order valence-corrected chi connectivity index (χ4v) is 4.73. The molecule has 2 N–H and O–H groups in total. The van der Waals surface area contributed by atoms with E-state index in [0.717, 1.165) is 22.3 Å². The molecule has 0 aliphatic carbocycles. The molecule has 9 heteroatoms. The largest absolute Gasteiger partial charge is 0.301 e. The van der Waals surface area contributed by atoms with Gasteiger partial charge < -0.3 is 0 Å². The first-order valence-electron chi connectivity index (χ1n) is 8.44. The van der Waals surface area contributed by atoms with Crippen molar-refractivity contribution in [3.63, 3.8) is 0 Å². The van der Waals surface area contributed by atoms with E-state index in [1.807, 2.05) is 19.1 Å². The quantitative estimate of drug-likeness (QED) is 0.327. The van der Waals surface area contributed by atoms with E-state index in [0.29, 0.717) is 18.4 Å². The number of nitrogens with zero attached hydrogens (tertiary/aromatic N) is 1. The van der Waals surface area contributed by atoms with E-state index in [4.69, 9.17) is 8.74 Å². The number of fused-ring (bicyclic) bond motifs is 3. The van der Waals surface area contributed by atoms with Gasteiger partial charge in [-0.15, -0.1) is 0 Å². The van der Waals surface area contributed by atoms with Crippen LogP contribution < -0.4 is 0 Å². The molecule has 0 radical (unpaired) electrons. The highest BCUT2D eigenvalue weighted by molar-refractivity contribution is 7.86. The highest BCUT2D eigenvalue weighted by atomic mass is 32.2. The fraction of sp³-hybridized carbons (Fsp3) is 0.389. The molecule has 146 valence electrons. The van der Waals surface area contributed by atoms with Crippen LogP contribution in [0.2, 0.25) is 0 Å². The molecule has 1 heterocycles. The molecule has 2 aromatic carbocycles. The summed E-state index contributed by atoms with van der Waals surface area (Å²) < 4.78 is 59.2. The van der Waals surface area contributed by atoms with Gasteiger partial charge in [0, 0.05) is 30.4 Å². The van der Waals surface area contributed by atoms with E-state index in [9.17, 15) is 17.2 Å². The summed E-state index contributed by atoms with van der Waals surface area (Å²) in [5, 5.41) is 1.27. The van der Waals surface area contributed by atoms with E-state index < -0.39 is 21.5 Å². The van der Waals surface area contributed by atoms with Gasteiger partial charge in [0.1, 0.15) is 4.90 Å². The van der Waals surface area contributed by atoms with E-state index in [1.54, 1.807) is 12.1 Å². The molecule has 7 nitrogen and oxygen atoms in total. The molecule has 1 atom stereocenters. The monoisotopic (exact) mass is 412 g/mol. The molecular formula is C18H22NO6S2+. The van der Waals surface area contributed by atoms with Crippen molar-refractivity contribution in [1.82, 2.24) is 0 Å². The maximum Gasteiger partial charge on any atom is 0.301 e. The molecule has 0 amide bonds. The molecule has 27 heavy (non-hydrogen) atoms. The van der Waals surface area contributed by atoms with Crippen molar-refractivity contribution >= 4 is 43.7 Å². The lowest BCUT2D eigenvalue weighted by atomic mass is 9.80. The summed E-state index contributed by atoms with van der Waals surface area (Å²) in [5.41, 5.74) is 2.71. The van der Waals surface area contributed by atoms with Gasteiger partial charge in [-0.2, -0.15) is 17.2 Å². The summed E-state index contributed by atoms with van der Waals surface area (Å²) in [5.74, 6) is 0. The van der Waals surface area contributed by atoms with Crippen molar-refractivity contribution in [2.24, 2.45) is 0 Å². The van der Waals surface area contributed by atoms with E-state index >= 15 is 0 Å². The topological polar surface area (TPSA) is 104 Å². The first kappa shape index (κ1) is 20.1. The van der Waals surface area contributed by atoms with Crippen LogP contribution in [0.15, 0.2) is 35.2 Å². The summed E-state index contributed by atoms with van der Waals surface area (Å²) in [6.45, 7) is 6.91. The average molecular weight is 413 g/mol. The summed E-state index contributed by atoms with van der Waals surface area (Å²) >= 11 is -2.27. The molecule has 0 bridgehead atoms. The zero-order valence-corrected chi connectivity index (χ0v) is 16.9. The van der Waals surface area contributed by atoms with E-state index in [2.05, 4.69) is 18.4 Å². The van der Waals surface area contributed by atoms with Crippen LogP contribution in [-0.4, -0.2) is 45.2 Å². The second kappa shape index (κ2) is 7.06. The standard InChI is InChI=1S/C18H21NO6S2/c1-12-18(2,3)17-14-6-4-7-16(27(22,23)24)13(14)8-9-15(17)19(12)10-5-11-25-26(20)21/h4,6-9H,5,10-11H2,1-3H3,(H-,20,21,22,23,24)/p+1. The van der Waals surface area contributed by atoms with Crippen LogP contribution in [0.3, 0.4) is 0 Å². The van der Waals surface area contributed by atoms with Crippen molar-refractivity contribution in [2.45, 2.75) is 37.5 Å². The minimum atomic E-state index is -4.33. The minimum absolute atomic E-state index is 0.103. The zero-order chi connectivity index (χ0) is 20.0. The lowest BCUT2D eigenvalue weighted by Crippen LogP contribution is -2.27. The van der Waals surface area contributed by atoms with Crippen molar-refractivity contribution in [3.05, 3.63) is 35.9 Å². The molecule has 0 spiro atoms. The molecule has 0 saturated carbocycles. The third kappa shape index (κ3) is 3.57. The Kier molecular flexibility index (Phi) is 5.26. The van der Waals surface area contributed by atoms with Gasteiger partial charge in [0.15, 0.2) is 12.3 Å². The Morgan fingerprint density at radius 3 is 2.52 bits per heavy atom. The maximum absolute atomic E-state index is 11.7. The van der Waals surface area contributed by atoms with Gasteiger partial charge in [0.05, 0.1) is 12.0 Å². The molecule has 0 fully saturated rings. The Hall–Kier alpha value is -1.65. The van der Waals surface area contributed by atoms with Gasteiger partial charge >= 0.3 is 11.4 Å². The van der Waals surface area contributed by atoms with Crippen LogP contribution in [0.4, 0.5) is 5.69 Å². The molecule has 1 aliphatic rings. The number of rotatable bonds is 6. The Labute approximate surface area is 160 Å². The van der Waals surface area contributed by atoms with Crippen LogP contribution in [-0.2, 0) is 31.1 Å². The second-order valence-electron chi connectivity index (χ2n) is 7.04. The normalized spacial score (nSPS) is 17.4. The predicted molar refractivity (Wildman–Crippen MR) is 104 cm³/mol. The fourth-order valence-electron chi connectivity index (χ4n) is 3.76. The second-order valence-corrected chi connectivity index (χ2v) is 9.10. The van der Waals surface area contributed by atoms with Gasteiger partial charge in [-0.25, -0.2) is 0 Å². The highest BCUT2D eigenvalue weighted by Gasteiger charge is 2.44. The van der Waals surface area contributed by atoms with Gasteiger partial charge in [-0.3, -0.25) is 13.3 Å². The summed E-state index contributed by atoms with van der Waals surface area (Å²) in [6, 6.07) is 8.45.